The molecular weight excluding hydrogens is 375 g/mol. The lowest BCUT2D eigenvalue weighted by Crippen LogP contribution is -2.09. The van der Waals surface area contributed by atoms with Crippen molar-refractivity contribution in [2.24, 2.45) is 5.92 Å². The first-order valence-electron chi connectivity index (χ1n) is 6.62. The van der Waals surface area contributed by atoms with E-state index in [9.17, 15) is 0 Å². The van der Waals surface area contributed by atoms with Gasteiger partial charge in [0, 0.05) is 11.6 Å². The average Bonchev–Trinajstić information content (AvgIpc) is 3.26. The van der Waals surface area contributed by atoms with Gasteiger partial charge in [0.05, 0.1) is 5.56 Å². The molecule has 1 aromatic carbocycles. The molecule has 110 valence electrons. The minimum Gasteiger partial charge on any atom is -0.373 e. The Morgan fingerprint density at radius 3 is 2.19 bits per heavy atom. The van der Waals surface area contributed by atoms with Crippen molar-refractivity contribution < 1.29 is 4.74 Å². The second-order valence-electron chi connectivity index (χ2n) is 5.04. The van der Waals surface area contributed by atoms with Crippen LogP contribution in [0, 0.1) is 5.92 Å². The van der Waals surface area contributed by atoms with E-state index in [0.29, 0.717) is 27.6 Å². The Morgan fingerprint density at radius 2 is 1.71 bits per heavy atom. The summed E-state index contributed by atoms with van der Waals surface area (Å²) in [7, 11) is 1.66. The van der Waals surface area contributed by atoms with Crippen LogP contribution in [0.3, 0.4) is 0 Å². The van der Waals surface area contributed by atoms with Gasteiger partial charge in [-0.25, -0.2) is 9.97 Å². The van der Waals surface area contributed by atoms with Crippen molar-refractivity contribution in [2.45, 2.75) is 18.9 Å². The number of nitrogens with zero attached hydrogens (tertiary/aromatic N) is 2. The van der Waals surface area contributed by atoms with Gasteiger partial charge in [-0.3, -0.25) is 0 Å². The summed E-state index contributed by atoms with van der Waals surface area (Å²) in [6, 6.07) is 7.71. The molecule has 1 saturated carbocycles. The van der Waals surface area contributed by atoms with E-state index in [1.165, 1.54) is 0 Å². The molecule has 1 aromatic heterocycles. The van der Waals surface area contributed by atoms with Crippen LogP contribution < -0.4 is 0 Å². The van der Waals surface area contributed by atoms with Gasteiger partial charge in [0.1, 0.15) is 16.4 Å². The highest BCUT2D eigenvalue weighted by molar-refractivity contribution is 9.10. The third-order valence-electron chi connectivity index (χ3n) is 3.53. The van der Waals surface area contributed by atoms with Gasteiger partial charge < -0.3 is 4.74 Å². The Kier molecular flexibility index (Phi) is 4.50. The largest absolute Gasteiger partial charge is 0.373 e. The number of hydrogen-bond donors (Lipinski definition) is 0. The van der Waals surface area contributed by atoms with E-state index >= 15 is 0 Å². The lowest BCUT2D eigenvalue weighted by atomic mass is 10.1. The number of halogens is 3. The first-order valence-corrected chi connectivity index (χ1v) is 8.16. The monoisotopic (exact) mass is 386 g/mol. The Labute approximate surface area is 141 Å². The fourth-order valence-electron chi connectivity index (χ4n) is 2.31. The molecule has 3 rings (SSSR count). The van der Waals surface area contributed by atoms with Gasteiger partial charge in [0.25, 0.3) is 0 Å². The molecule has 0 spiro atoms. The fourth-order valence-corrected chi connectivity index (χ4v) is 3.20. The van der Waals surface area contributed by atoms with Crippen molar-refractivity contribution in [3.05, 3.63) is 44.9 Å². The van der Waals surface area contributed by atoms with Crippen molar-refractivity contribution in [1.29, 1.82) is 0 Å². The molecule has 3 nitrogen and oxygen atoms in total. The maximum atomic E-state index is 6.33. The van der Waals surface area contributed by atoms with E-state index in [2.05, 4.69) is 25.9 Å². The number of hydrogen-bond acceptors (Lipinski definition) is 3. The first kappa shape index (κ1) is 15.2. The highest BCUT2D eigenvalue weighted by Gasteiger charge is 2.35. The molecule has 0 N–H and O–H groups in total. The van der Waals surface area contributed by atoms with Crippen LogP contribution in [0.15, 0.2) is 28.7 Å². The molecule has 0 radical (unpaired) electrons. The summed E-state index contributed by atoms with van der Waals surface area (Å²) in [5, 5.41) is 0.713. The van der Waals surface area contributed by atoms with E-state index in [1.54, 1.807) is 7.11 Å². The SMILES string of the molecule is COC(c1nc(Cl)c(-c2ccc(Br)cc2)c(Cl)n1)C1CC1. The lowest BCUT2D eigenvalue weighted by Gasteiger charge is -2.15. The normalized spacial score (nSPS) is 16.0. The quantitative estimate of drug-likeness (QED) is 0.666. The predicted molar refractivity (Wildman–Crippen MR) is 87.7 cm³/mol. The van der Waals surface area contributed by atoms with Gasteiger partial charge in [-0.05, 0) is 36.5 Å². The first-order chi connectivity index (χ1) is 10.1. The molecular formula is C15H13BrCl2N2O. The molecule has 1 atom stereocenters. The highest BCUT2D eigenvalue weighted by atomic mass is 79.9. The fraction of sp³-hybridized carbons (Fsp3) is 0.333. The summed E-state index contributed by atoms with van der Waals surface area (Å²) >= 11 is 16.1. The Balaban J connectivity index is 2.01. The van der Waals surface area contributed by atoms with Crippen LogP contribution in [-0.4, -0.2) is 17.1 Å². The van der Waals surface area contributed by atoms with Crippen LogP contribution in [-0.2, 0) is 4.74 Å². The van der Waals surface area contributed by atoms with Gasteiger partial charge in [0.15, 0.2) is 5.82 Å². The Hall–Kier alpha value is -0.680. The lowest BCUT2D eigenvalue weighted by molar-refractivity contribution is 0.0772. The van der Waals surface area contributed by atoms with E-state index in [4.69, 9.17) is 27.9 Å². The Morgan fingerprint density at radius 1 is 1.14 bits per heavy atom. The molecule has 1 fully saturated rings. The van der Waals surface area contributed by atoms with Gasteiger partial charge >= 0.3 is 0 Å². The molecule has 1 aliphatic carbocycles. The number of benzene rings is 1. The topological polar surface area (TPSA) is 35.0 Å². The second kappa shape index (κ2) is 6.21. The van der Waals surface area contributed by atoms with Gasteiger partial charge in [-0.2, -0.15) is 0 Å². The van der Waals surface area contributed by atoms with Crippen LogP contribution in [0.25, 0.3) is 11.1 Å². The zero-order valence-electron chi connectivity index (χ0n) is 11.3. The predicted octanol–water partition coefficient (Wildman–Crippen LogP) is 5.31. The van der Waals surface area contributed by atoms with Gasteiger partial charge in [-0.1, -0.05) is 51.3 Å². The van der Waals surface area contributed by atoms with E-state index < -0.39 is 0 Å². The smallest absolute Gasteiger partial charge is 0.160 e. The Bertz CT molecular complexity index is 636. The van der Waals surface area contributed by atoms with Crippen molar-refractivity contribution in [3.63, 3.8) is 0 Å². The highest BCUT2D eigenvalue weighted by Crippen LogP contribution is 2.43. The van der Waals surface area contributed by atoms with Crippen LogP contribution in [0.4, 0.5) is 0 Å². The molecule has 6 heteroatoms. The van der Waals surface area contributed by atoms with Crippen molar-refractivity contribution in [2.75, 3.05) is 7.11 Å². The number of ether oxygens (including phenoxy) is 1. The number of rotatable bonds is 4. The summed E-state index contributed by atoms with van der Waals surface area (Å²) in [5.74, 6) is 1.04. The summed E-state index contributed by atoms with van der Waals surface area (Å²) in [5.41, 5.74) is 1.54. The molecule has 1 unspecified atom stereocenters. The summed E-state index contributed by atoms with van der Waals surface area (Å²) in [6.07, 6.45) is 2.14. The van der Waals surface area contributed by atoms with Crippen molar-refractivity contribution in [1.82, 2.24) is 9.97 Å². The molecule has 21 heavy (non-hydrogen) atoms. The molecule has 0 aliphatic heterocycles. The molecule has 0 bridgehead atoms. The minimum absolute atomic E-state index is 0.126. The zero-order chi connectivity index (χ0) is 15.0. The second-order valence-corrected chi connectivity index (χ2v) is 6.67. The number of aromatic nitrogens is 2. The molecule has 0 saturated heterocycles. The van der Waals surface area contributed by atoms with Crippen LogP contribution in [0.5, 0.6) is 0 Å². The third-order valence-corrected chi connectivity index (χ3v) is 4.61. The zero-order valence-corrected chi connectivity index (χ0v) is 14.4. The van der Waals surface area contributed by atoms with Crippen LogP contribution in [0.2, 0.25) is 10.3 Å². The van der Waals surface area contributed by atoms with Gasteiger partial charge in [-0.15, -0.1) is 0 Å². The maximum Gasteiger partial charge on any atom is 0.160 e. The molecule has 1 heterocycles. The van der Waals surface area contributed by atoms with Crippen molar-refractivity contribution >= 4 is 39.1 Å². The summed E-state index contributed by atoms with van der Waals surface area (Å²) < 4.78 is 6.47. The molecule has 1 aliphatic rings. The van der Waals surface area contributed by atoms with E-state index in [0.717, 1.165) is 22.9 Å². The molecule has 2 aromatic rings. The minimum atomic E-state index is -0.126. The van der Waals surface area contributed by atoms with Crippen LogP contribution >= 0.6 is 39.1 Å². The van der Waals surface area contributed by atoms with Crippen LogP contribution in [0.1, 0.15) is 24.8 Å². The third kappa shape index (κ3) is 3.24. The van der Waals surface area contributed by atoms with E-state index in [1.807, 2.05) is 24.3 Å². The standard InChI is InChI=1S/C15H13BrCl2N2O/c1-21-12(9-2-3-9)15-19-13(17)11(14(18)20-15)8-4-6-10(16)7-5-8/h4-7,9,12H,2-3H2,1H3. The average molecular weight is 388 g/mol. The maximum absolute atomic E-state index is 6.33. The summed E-state index contributed by atoms with van der Waals surface area (Å²) in [6.45, 7) is 0. The van der Waals surface area contributed by atoms with E-state index in [-0.39, 0.29) is 6.10 Å². The molecule has 0 amide bonds. The number of methoxy groups -OCH3 is 1. The van der Waals surface area contributed by atoms with Crippen molar-refractivity contribution in [3.8, 4) is 11.1 Å². The summed E-state index contributed by atoms with van der Waals surface area (Å²) in [4.78, 5) is 8.80. The van der Waals surface area contributed by atoms with Gasteiger partial charge in [0.2, 0.25) is 0 Å².